The van der Waals surface area contributed by atoms with Gasteiger partial charge in [-0.15, -0.1) is 5.06 Å². The lowest BCUT2D eigenvalue weighted by molar-refractivity contribution is -0.197. The van der Waals surface area contributed by atoms with Crippen LogP contribution in [0.1, 0.15) is 25.7 Å². The molecule has 0 aromatic carbocycles. The lowest BCUT2D eigenvalue weighted by Gasteiger charge is -2.12. The van der Waals surface area contributed by atoms with Gasteiger partial charge in [0.2, 0.25) is 0 Å². The number of hydrogen-bond acceptors (Lipinski definition) is 7. The Kier molecular flexibility index (Phi) is 5.98. The van der Waals surface area contributed by atoms with Crippen LogP contribution in [0, 0.1) is 0 Å². The van der Waals surface area contributed by atoms with Crippen molar-refractivity contribution in [3.8, 4) is 0 Å². The summed E-state index contributed by atoms with van der Waals surface area (Å²) in [5.41, 5.74) is 7.98. The number of ether oxygens (including phenoxy) is 1. The molecule has 1 aliphatic rings. The van der Waals surface area contributed by atoms with Crippen molar-refractivity contribution in [2.75, 3.05) is 13.2 Å². The third-order valence-corrected chi connectivity index (χ3v) is 2.25. The van der Waals surface area contributed by atoms with E-state index in [0.29, 0.717) is 5.06 Å². The number of carbonyl (C=O) groups excluding carboxylic acids is 4. The molecule has 0 bridgehead atoms. The van der Waals surface area contributed by atoms with Crippen molar-refractivity contribution in [1.82, 2.24) is 5.06 Å². The second-order valence-corrected chi connectivity index (χ2v) is 3.72. The van der Waals surface area contributed by atoms with Crippen molar-refractivity contribution >= 4 is 23.8 Å². The monoisotopic (exact) mass is 284 g/mol. The van der Waals surface area contributed by atoms with Gasteiger partial charge in [0.25, 0.3) is 11.8 Å². The molecule has 0 unspecified atom stereocenters. The average Bonchev–Trinajstić information content (AvgIpc) is 2.73. The summed E-state index contributed by atoms with van der Waals surface area (Å²) < 4.78 is 4.65. The first-order valence-corrected chi connectivity index (χ1v) is 5.77. The van der Waals surface area contributed by atoms with Gasteiger partial charge in [-0.1, -0.05) is 5.11 Å². The highest BCUT2D eigenvalue weighted by molar-refractivity contribution is 6.01. The maximum Gasteiger partial charge on any atom is 0.333 e. The van der Waals surface area contributed by atoms with Crippen molar-refractivity contribution in [2.45, 2.75) is 25.7 Å². The van der Waals surface area contributed by atoms with E-state index in [9.17, 15) is 19.2 Å². The van der Waals surface area contributed by atoms with Crippen LogP contribution in [0.5, 0.6) is 0 Å². The number of hydroxylamine groups is 2. The first-order chi connectivity index (χ1) is 9.54. The first kappa shape index (κ1) is 15.4. The summed E-state index contributed by atoms with van der Waals surface area (Å²) in [7, 11) is 0. The van der Waals surface area contributed by atoms with Crippen LogP contribution in [0.2, 0.25) is 0 Å². The minimum atomic E-state index is -0.874. The largest absolute Gasteiger partial charge is 0.466 e. The molecule has 0 aliphatic carbocycles. The van der Waals surface area contributed by atoms with Crippen LogP contribution in [0.3, 0.4) is 0 Å². The van der Waals surface area contributed by atoms with Crippen molar-refractivity contribution in [3.63, 3.8) is 0 Å². The first-order valence-electron chi connectivity index (χ1n) is 5.77. The molecule has 1 heterocycles. The number of amides is 2. The van der Waals surface area contributed by atoms with Crippen LogP contribution in [0.15, 0.2) is 5.11 Å². The Morgan fingerprint density at radius 1 is 1.20 bits per heavy atom. The van der Waals surface area contributed by atoms with E-state index in [0.717, 1.165) is 0 Å². The molecule has 1 aliphatic heterocycles. The van der Waals surface area contributed by atoms with Crippen LogP contribution in [0.25, 0.3) is 10.4 Å². The topological polar surface area (TPSA) is 139 Å². The number of azide groups is 1. The zero-order valence-corrected chi connectivity index (χ0v) is 10.5. The molecule has 10 nitrogen and oxygen atoms in total. The van der Waals surface area contributed by atoms with Gasteiger partial charge in [0, 0.05) is 17.8 Å². The molecule has 1 fully saturated rings. The van der Waals surface area contributed by atoms with Gasteiger partial charge in [-0.2, -0.15) is 0 Å². The fourth-order valence-electron chi connectivity index (χ4n) is 1.33. The molecular formula is C10H12N4O6. The Hall–Kier alpha value is -2.61. The minimum Gasteiger partial charge on any atom is -0.466 e. The van der Waals surface area contributed by atoms with Crippen LogP contribution >= 0.6 is 0 Å². The van der Waals surface area contributed by atoms with Gasteiger partial charge in [-0.05, 0) is 5.53 Å². The smallest absolute Gasteiger partial charge is 0.333 e. The lowest BCUT2D eigenvalue weighted by Crippen LogP contribution is -2.32. The summed E-state index contributed by atoms with van der Waals surface area (Å²) in [6.45, 7) is -0.0789. The Labute approximate surface area is 113 Å². The summed E-state index contributed by atoms with van der Waals surface area (Å²) in [6, 6.07) is 0. The summed E-state index contributed by atoms with van der Waals surface area (Å²) >= 11 is 0. The predicted octanol–water partition coefficient (Wildman–Crippen LogP) is 0.227. The lowest BCUT2D eigenvalue weighted by atomic mass is 10.3. The molecule has 1 saturated heterocycles. The van der Waals surface area contributed by atoms with Crippen molar-refractivity contribution in [2.24, 2.45) is 5.11 Å². The molecule has 0 radical (unpaired) electrons. The predicted molar refractivity (Wildman–Crippen MR) is 61.4 cm³/mol. The molecule has 2 amide bonds. The molecule has 0 saturated carbocycles. The number of carbonyl (C=O) groups is 4. The number of hydrogen-bond donors (Lipinski definition) is 0. The molecule has 0 spiro atoms. The van der Waals surface area contributed by atoms with Crippen LogP contribution in [-0.2, 0) is 28.8 Å². The highest BCUT2D eigenvalue weighted by Gasteiger charge is 2.32. The van der Waals surface area contributed by atoms with Crippen LogP contribution < -0.4 is 0 Å². The maximum absolute atomic E-state index is 11.3. The number of nitrogens with zero attached hydrogens (tertiary/aromatic N) is 4. The third kappa shape index (κ3) is 4.94. The molecule has 1 rings (SSSR count). The zero-order chi connectivity index (χ0) is 15.0. The molecule has 0 N–H and O–H groups in total. The Balaban J connectivity index is 2.22. The Morgan fingerprint density at radius 3 is 2.40 bits per heavy atom. The second-order valence-electron chi connectivity index (χ2n) is 3.72. The molecular weight excluding hydrogens is 272 g/mol. The van der Waals surface area contributed by atoms with Gasteiger partial charge < -0.3 is 9.57 Å². The molecule has 0 aromatic heterocycles. The van der Waals surface area contributed by atoms with Crippen molar-refractivity contribution in [1.29, 1.82) is 0 Å². The number of imide groups is 1. The van der Waals surface area contributed by atoms with Crippen LogP contribution in [0.4, 0.5) is 0 Å². The van der Waals surface area contributed by atoms with Gasteiger partial charge in [-0.25, -0.2) is 4.79 Å². The quantitative estimate of drug-likeness (QED) is 0.164. The van der Waals surface area contributed by atoms with E-state index in [4.69, 9.17) is 5.53 Å². The fraction of sp³-hybridized carbons (Fsp3) is 0.600. The van der Waals surface area contributed by atoms with E-state index in [2.05, 4.69) is 19.6 Å². The Bertz CT molecular complexity index is 454. The van der Waals surface area contributed by atoms with Crippen molar-refractivity contribution in [3.05, 3.63) is 10.4 Å². The number of rotatable bonds is 7. The Morgan fingerprint density at radius 2 is 1.80 bits per heavy atom. The van der Waals surface area contributed by atoms with Gasteiger partial charge in [0.15, 0.2) is 0 Å². The summed E-state index contributed by atoms with van der Waals surface area (Å²) in [6.07, 6.45) is -0.566. The zero-order valence-electron chi connectivity index (χ0n) is 10.5. The molecule has 10 heteroatoms. The van der Waals surface area contributed by atoms with Gasteiger partial charge >= 0.3 is 11.9 Å². The SMILES string of the molecule is [N-]=[N+]=NCCOC(=O)CCC(=O)ON1C(=O)CCC1=O. The fourth-order valence-corrected chi connectivity index (χ4v) is 1.33. The molecule has 108 valence electrons. The molecule has 20 heavy (non-hydrogen) atoms. The highest BCUT2D eigenvalue weighted by atomic mass is 16.7. The van der Waals surface area contributed by atoms with Gasteiger partial charge in [0.05, 0.1) is 26.0 Å². The standard InChI is InChI=1S/C10H12N4O6/c11-13-12-5-6-19-9(17)3-4-10(18)20-14-7(15)1-2-8(14)16/h1-6H2. The highest BCUT2D eigenvalue weighted by Crippen LogP contribution is 2.12. The van der Waals surface area contributed by atoms with E-state index < -0.39 is 23.8 Å². The van der Waals surface area contributed by atoms with E-state index in [1.54, 1.807) is 0 Å². The minimum absolute atomic E-state index is 0.00344. The maximum atomic E-state index is 11.3. The van der Waals surface area contributed by atoms with E-state index in [1.165, 1.54) is 0 Å². The normalized spacial score (nSPS) is 13.9. The van der Waals surface area contributed by atoms with E-state index in [1.807, 2.05) is 0 Å². The second kappa shape index (κ2) is 7.74. The van der Waals surface area contributed by atoms with Crippen LogP contribution in [-0.4, -0.2) is 42.0 Å². The van der Waals surface area contributed by atoms with Gasteiger partial charge in [0.1, 0.15) is 0 Å². The molecule has 0 aromatic rings. The molecule has 0 atom stereocenters. The third-order valence-electron chi connectivity index (χ3n) is 2.25. The summed E-state index contributed by atoms with van der Waals surface area (Å²) in [5, 5.41) is 3.57. The van der Waals surface area contributed by atoms with E-state index in [-0.39, 0.29) is 38.8 Å². The summed E-state index contributed by atoms with van der Waals surface area (Å²) in [5.74, 6) is -2.71. The van der Waals surface area contributed by atoms with Crippen molar-refractivity contribution < 1.29 is 28.8 Å². The average molecular weight is 284 g/mol. The summed E-state index contributed by atoms with van der Waals surface area (Å²) in [4.78, 5) is 51.8. The van der Waals surface area contributed by atoms with E-state index >= 15 is 0 Å². The van der Waals surface area contributed by atoms with Gasteiger partial charge in [-0.3, -0.25) is 14.4 Å². The number of esters is 1.